The molecule has 0 saturated heterocycles. The van der Waals surface area contributed by atoms with E-state index >= 15 is 0 Å². The van der Waals surface area contributed by atoms with E-state index in [-0.39, 0.29) is 0 Å². The fourth-order valence-electron chi connectivity index (χ4n) is 2.23. The fraction of sp³-hybridized carbons (Fsp3) is 0.222. The van der Waals surface area contributed by atoms with E-state index in [1.54, 1.807) is 6.33 Å². The minimum Gasteiger partial charge on any atom is -0.494 e. The molecule has 23 heavy (non-hydrogen) atoms. The number of rotatable bonds is 6. The highest BCUT2D eigenvalue weighted by Crippen LogP contribution is 2.26. The quantitative estimate of drug-likeness (QED) is 0.596. The third kappa shape index (κ3) is 3.99. The van der Waals surface area contributed by atoms with Crippen LogP contribution in [0, 0.1) is 0 Å². The Hall–Kier alpha value is -2.14. The lowest BCUT2D eigenvalue weighted by Gasteiger charge is -2.10. The van der Waals surface area contributed by atoms with Crippen molar-refractivity contribution in [3.8, 4) is 5.75 Å². The third-order valence-corrected chi connectivity index (χ3v) is 3.97. The molecule has 0 bridgehead atoms. The van der Waals surface area contributed by atoms with Gasteiger partial charge >= 0.3 is 0 Å². The van der Waals surface area contributed by atoms with Crippen LogP contribution in [-0.4, -0.2) is 16.6 Å². The molecule has 0 aliphatic carbocycles. The minimum atomic E-state index is 0.758. The number of aromatic nitrogens is 2. The van der Waals surface area contributed by atoms with Crippen LogP contribution in [0.1, 0.15) is 19.8 Å². The number of hydrogen-bond donors (Lipinski definition) is 1. The van der Waals surface area contributed by atoms with Gasteiger partial charge in [0.2, 0.25) is 0 Å². The predicted molar refractivity (Wildman–Crippen MR) is 97.4 cm³/mol. The first-order valence-electron chi connectivity index (χ1n) is 7.66. The Morgan fingerprint density at radius 2 is 1.91 bits per heavy atom. The molecule has 0 atom stereocenters. The zero-order valence-corrected chi connectivity index (χ0v) is 14.5. The van der Waals surface area contributed by atoms with Crippen LogP contribution in [0.25, 0.3) is 10.9 Å². The minimum absolute atomic E-state index is 0.758. The zero-order valence-electron chi connectivity index (χ0n) is 12.9. The highest BCUT2D eigenvalue weighted by atomic mass is 79.9. The van der Waals surface area contributed by atoms with E-state index in [4.69, 9.17) is 4.74 Å². The van der Waals surface area contributed by atoms with Crippen molar-refractivity contribution in [1.82, 2.24) is 9.97 Å². The van der Waals surface area contributed by atoms with Crippen molar-refractivity contribution in [3.63, 3.8) is 0 Å². The van der Waals surface area contributed by atoms with Gasteiger partial charge in [0.1, 0.15) is 17.9 Å². The van der Waals surface area contributed by atoms with Crippen molar-refractivity contribution in [2.75, 3.05) is 11.9 Å². The third-order valence-electron chi connectivity index (χ3n) is 3.48. The monoisotopic (exact) mass is 371 g/mol. The second-order valence-electron chi connectivity index (χ2n) is 5.24. The Kier molecular flexibility index (Phi) is 5.08. The van der Waals surface area contributed by atoms with Crippen LogP contribution >= 0.6 is 15.9 Å². The average molecular weight is 372 g/mol. The van der Waals surface area contributed by atoms with Gasteiger partial charge in [0.15, 0.2) is 0 Å². The topological polar surface area (TPSA) is 47.0 Å². The lowest BCUT2D eigenvalue weighted by Crippen LogP contribution is -1.98. The van der Waals surface area contributed by atoms with E-state index in [0.29, 0.717) is 0 Å². The lowest BCUT2D eigenvalue weighted by molar-refractivity contribution is 0.309. The van der Waals surface area contributed by atoms with Gasteiger partial charge in [0.05, 0.1) is 12.1 Å². The molecule has 0 spiro atoms. The Labute approximate surface area is 144 Å². The number of benzene rings is 2. The van der Waals surface area contributed by atoms with Crippen molar-refractivity contribution in [3.05, 3.63) is 53.3 Å². The van der Waals surface area contributed by atoms with Crippen LogP contribution in [0.4, 0.5) is 11.5 Å². The lowest BCUT2D eigenvalue weighted by atomic mass is 10.2. The average Bonchev–Trinajstić information content (AvgIpc) is 2.57. The maximum absolute atomic E-state index is 5.68. The van der Waals surface area contributed by atoms with Crippen LogP contribution in [0.2, 0.25) is 0 Å². The summed E-state index contributed by atoms with van der Waals surface area (Å²) in [5, 5.41) is 4.32. The fourth-order valence-corrected chi connectivity index (χ4v) is 2.60. The van der Waals surface area contributed by atoms with Gasteiger partial charge in [-0.2, -0.15) is 0 Å². The Morgan fingerprint density at radius 3 is 2.70 bits per heavy atom. The standard InChI is InChI=1S/C18H18BrN3O/c1-2-3-10-23-15-7-5-14(6-8-15)22-18-16-11-13(19)4-9-17(16)20-12-21-18/h4-9,11-12H,2-3,10H2,1H3,(H,20,21,22). The van der Waals surface area contributed by atoms with Gasteiger partial charge in [-0.05, 0) is 48.9 Å². The molecular weight excluding hydrogens is 354 g/mol. The largest absolute Gasteiger partial charge is 0.494 e. The van der Waals surface area contributed by atoms with E-state index in [1.165, 1.54) is 0 Å². The molecular formula is C18H18BrN3O. The molecule has 5 heteroatoms. The van der Waals surface area contributed by atoms with E-state index < -0.39 is 0 Å². The molecule has 4 nitrogen and oxygen atoms in total. The molecule has 2 aromatic carbocycles. The summed E-state index contributed by atoms with van der Waals surface area (Å²) in [5.41, 5.74) is 1.87. The van der Waals surface area contributed by atoms with Gasteiger partial charge in [-0.25, -0.2) is 9.97 Å². The molecule has 0 aliphatic heterocycles. The number of anilines is 2. The van der Waals surface area contributed by atoms with E-state index in [0.717, 1.165) is 52.1 Å². The van der Waals surface area contributed by atoms with Crippen molar-refractivity contribution >= 4 is 38.3 Å². The van der Waals surface area contributed by atoms with Crippen molar-refractivity contribution in [1.29, 1.82) is 0 Å². The molecule has 1 N–H and O–H groups in total. The number of hydrogen-bond acceptors (Lipinski definition) is 4. The first-order chi connectivity index (χ1) is 11.3. The van der Waals surface area contributed by atoms with Gasteiger partial charge < -0.3 is 10.1 Å². The highest BCUT2D eigenvalue weighted by molar-refractivity contribution is 9.10. The van der Waals surface area contributed by atoms with Crippen LogP contribution in [-0.2, 0) is 0 Å². The van der Waals surface area contributed by atoms with Crippen molar-refractivity contribution in [2.24, 2.45) is 0 Å². The maximum Gasteiger partial charge on any atom is 0.141 e. The smallest absolute Gasteiger partial charge is 0.141 e. The molecule has 0 amide bonds. The molecule has 0 fully saturated rings. The van der Waals surface area contributed by atoms with Crippen LogP contribution in [0.5, 0.6) is 5.75 Å². The van der Waals surface area contributed by atoms with Crippen LogP contribution < -0.4 is 10.1 Å². The summed E-state index contributed by atoms with van der Waals surface area (Å²) < 4.78 is 6.68. The summed E-state index contributed by atoms with van der Waals surface area (Å²) in [6.45, 7) is 2.91. The number of nitrogens with zero attached hydrogens (tertiary/aromatic N) is 2. The van der Waals surface area contributed by atoms with Gasteiger partial charge in [-0.15, -0.1) is 0 Å². The summed E-state index contributed by atoms with van der Waals surface area (Å²) >= 11 is 3.49. The Bertz CT molecular complexity index is 790. The van der Waals surface area contributed by atoms with Crippen molar-refractivity contribution < 1.29 is 4.74 Å². The van der Waals surface area contributed by atoms with E-state index in [1.807, 2.05) is 42.5 Å². The first-order valence-corrected chi connectivity index (χ1v) is 8.45. The van der Waals surface area contributed by atoms with Gasteiger partial charge in [0, 0.05) is 15.5 Å². The maximum atomic E-state index is 5.68. The molecule has 1 heterocycles. The number of nitrogens with one attached hydrogen (secondary N) is 1. The number of ether oxygens (including phenoxy) is 1. The van der Waals surface area contributed by atoms with Crippen LogP contribution in [0.15, 0.2) is 53.3 Å². The van der Waals surface area contributed by atoms with Crippen LogP contribution in [0.3, 0.4) is 0 Å². The second kappa shape index (κ2) is 7.42. The summed E-state index contributed by atoms with van der Waals surface area (Å²) in [6.07, 6.45) is 3.78. The van der Waals surface area contributed by atoms with E-state index in [9.17, 15) is 0 Å². The zero-order chi connectivity index (χ0) is 16.1. The summed E-state index contributed by atoms with van der Waals surface area (Å²) in [6, 6.07) is 13.9. The van der Waals surface area contributed by atoms with Crippen molar-refractivity contribution in [2.45, 2.75) is 19.8 Å². The molecule has 3 aromatic rings. The molecule has 1 aromatic heterocycles. The Morgan fingerprint density at radius 1 is 1.09 bits per heavy atom. The summed E-state index contributed by atoms with van der Waals surface area (Å²) in [5.74, 6) is 1.68. The van der Waals surface area contributed by atoms with Gasteiger partial charge in [0.25, 0.3) is 0 Å². The number of fused-ring (bicyclic) bond motifs is 1. The highest BCUT2D eigenvalue weighted by Gasteiger charge is 2.05. The SMILES string of the molecule is CCCCOc1ccc(Nc2ncnc3ccc(Br)cc23)cc1. The normalized spacial score (nSPS) is 10.7. The van der Waals surface area contributed by atoms with Gasteiger partial charge in [-0.1, -0.05) is 29.3 Å². The summed E-state index contributed by atoms with van der Waals surface area (Å²) in [7, 11) is 0. The first kappa shape index (κ1) is 15.7. The van der Waals surface area contributed by atoms with Gasteiger partial charge in [-0.3, -0.25) is 0 Å². The molecule has 0 aliphatic rings. The predicted octanol–water partition coefficient (Wildman–Crippen LogP) is 5.31. The summed E-state index contributed by atoms with van der Waals surface area (Å²) in [4.78, 5) is 8.64. The Balaban J connectivity index is 1.78. The molecule has 3 rings (SSSR count). The second-order valence-corrected chi connectivity index (χ2v) is 6.15. The van der Waals surface area contributed by atoms with E-state index in [2.05, 4.69) is 38.1 Å². The number of unbranched alkanes of at least 4 members (excludes halogenated alkanes) is 1. The number of halogens is 1. The molecule has 0 radical (unpaired) electrons. The molecule has 0 saturated carbocycles. The molecule has 0 unspecified atom stereocenters. The molecule has 118 valence electrons.